The van der Waals surface area contributed by atoms with Gasteiger partial charge in [0.2, 0.25) is 0 Å². The van der Waals surface area contributed by atoms with E-state index in [0.29, 0.717) is 16.5 Å². The van der Waals surface area contributed by atoms with Gasteiger partial charge in [0, 0.05) is 5.75 Å². The maximum Gasteiger partial charge on any atom is 0.259 e. The van der Waals surface area contributed by atoms with Gasteiger partial charge in [-0.1, -0.05) is 30.0 Å². The van der Waals surface area contributed by atoms with Crippen molar-refractivity contribution in [3.63, 3.8) is 0 Å². The van der Waals surface area contributed by atoms with Gasteiger partial charge in [-0.15, -0.1) is 0 Å². The summed E-state index contributed by atoms with van der Waals surface area (Å²) in [6.45, 7) is 1.96. The summed E-state index contributed by atoms with van der Waals surface area (Å²) >= 11 is 1.50. The minimum atomic E-state index is -0.535. The average molecular weight is 373 g/mol. The molecule has 3 rings (SSSR count). The Labute approximate surface area is 155 Å². The third kappa shape index (κ3) is 3.67. The van der Waals surface area contributed by atoms with Gasteiger partial charge in [-0.3, -0.25) is 9.79 Å². The van der Waals surface area contributed by atoms with E-state index < -0.39 is 17.3 Å². The summed E-state index contributed by atoms with van der Waals surface area (Å²) in [6, 6.07) is 11.4. The summed E-state index contributed by atoms with van der Waals surface area (Å²) in [6.07, 6.45) is 0.782. The van der Waals surface area contributed by atoms with Crippen molar-refractivity contribution in [2.75, 3.05) is 18.2 Å². The van der Waals surface area contributed by atoms with Gasteiger partial charge in [-0.05, 0) is 43.2 Å². The Bertz CT molecular complexity index is 872. The summed E-state index contributed by atoms with van der Waals surface area (Å²) in [4.78, 5) is 17.1. The number of benzene rings is 2. The number of nitrogens with one attached hydrogen (secondary N) is 1. The molecule has 0 aromatic heterocycles. The molecular weight excluding hydrogens is 353 g/mol. The number of para-hydroxylation sites is 1. The quantitative estimate of drug-likeness (QED) is 0.856. The molecule has 0 saturated heterocycles. The first-order chi connectivity index (χ1) is 12.4. The lowest BCUT2D eigenvalue weighted by Gasteiger charge is -2.30. The first-order valence-electron chi connectivity index (χ1n) is 8.15. The number of ether oxygens (including phenoxy) is 1. The third-order valence-corrected chi connectivity index (χ3v) is 5.18. The number of hydrogen-bond acceptors (Lipinski definition) is 5. The van der Waals surface area contributed by atoms with Crippen molar-refractivity contribution in [1.82, 2.24) is 0 Å². The Balaban J connectivity index is 1.91. The molecule has 0 aliphatic carbocycles. The summed E-state index contributed by atoms with van der Waals surface area (Å²) in [7, 11) is 1.48. The second kappa shape index (κ2) is 7.37. The molecule has 0 radical (unpaired) electrons. The molecule has 2 aromatic rings. The number of nitrogens with two attached hydrogens (primary N) is 1. The highest BCUT2D eigenvalue weighted by molar-refractivity contribution is 8.13. The third-order valence-electron chi connectivity index (χ3n) is 4.38. The number of aliphatic imine (C=N–C) groups is 1. The van der Waals surface area contributed by atoms with E-state index in [1.807, 2.05) is 6.92 Å². The van der Waals surface area contributed by atoms with Crippen LogP contribution in [0.15, 0.2) is 47.5 Å². The monoisotopic (exact) mass is 373 g/mol. The number of methoxy groups -OCH3 is 1. The first kappa shape index (κ1) is 18.3. The zero-order chi connectivity index (χ0) is 18.7. The molecule has 1 aliphatic rings. The normalized spacial score (nSPS) is 19.6. The molecule has 1 heterocycles. The summed E-state index contributed by atoms with van der Waals surface area (Å²) in [5.74, 6) is 0.315. The van der Waals surface area contributed by atoms with Crippen LogP contribution in [-0.4, -0.2) is 23.9 Å². The van der Waals surface area contributed by atoms with Crippen molar-refractivity contribution in [2.45, 2.75) is 18.9 Å². The Morgan fingerprint density at radius 3 is 2.85 bits per heavy atom. The Hall–Kier alpha value is -2.54. The second-order valence-corrected chi connectivity index (χ2v) is 7.29. The van der Waals surface area contributed by atoms with Crippen molar-refractivity contribution in [1.29, 1.82) is 0 Å². The molecule has 1 amide bonds. The van der Waals surface area contributed by atoms with Crippen LogP contribution in [0.3, 0.4) is 0 Å². The molecule has 136 valence electrons. The van der Waals surface area contributed by atoms with Crippen LogP contribution >= 0.6 is 11.8 Å². The number of nitrogens with zero attached hydrogens (tertiary/aromatic N) is 1. The molecule has 1 aliphatic heterocycles. The van der Waals surface area contributed by atoms with E-state index in [2.05, 4.69) is 10.3 Å². The number of hydrogen-bond donors (Lipinski definition) is 2. The standard InChI is InChI=1S/C19H20FN3O2S/c1-19(9-10-26-18(21)23-19)12-7-8-14(20)15(11-12)22-17(24)13-5-3-4-6-16(13)25-2/h3-8,11H,9-10H2,1-2H3,(H2,21,23)(H,22,24). The molecule has 0 bridgehead atoms. The number of carbonyl (C=O) groups is 1. The molecule has 26 heavy (non-hydrogen) atoms. The smallest absolute Gasteiger partial charge is 0.259 e. The number of anilines is 1. The van der Waals surface area contributed by atoms with Crippen LogP contribution in [0, 0.1) is 5.82 Å². The van der Waals surface area contributed by atoms with Gasteiger partial charge in [0.1, 0.15) is 11.6 Å². The molecule has 0 fully saturated rings. The zero-order valence-electron chi connectivity index (χ0n) is 14.6. The highest BCUT2D eigenvalue weighted by Gasteiger charge is 2.30. The van der Waals surface area contributed by atoms with Crippen LogP contribution in [0.25, 0.3) is 0 Å². The highest BCUT2D eigenvalue weighted by atomic mass is 32.2. The molecule has 5 nitrogen and oxygen atoms in total. The molecule has 2 aromatic carbocycles. The highest BCUT2D eigenvalue weighted by Crippen LogP contribution is 2.36. The van der Waals surface area contributed by atoms with Gasteiger partial charge in [0.25, 0.3) is 5.91 Å². The van der Waals surface area contributed by atoms with E-state index in [1.54, 1.807) is 36.4 Å². The SMILES string of the molecule is COc1ccccc1C(=O)Nc1cc(C2(C)CCSC(N)=N2)ccc1F. The van der Waals surface area contributed by atoms with Crippen molar-refractivity contribution >= 4 is 28.5 Å². The number of rotatable bonds is 4. The first-order valence-corrected chi connectivity index (χ1v) is 9.14. The predicted molar refractivity (Wildman–Crippen MR) is 103 cm³/mol. The van der Waals surface area contributed by atoms with Crippen molar-refractivity contribution in [2.24, 2.45) is 10.7 Å². The Morgan fingerprint density at radius 1 is 1.35 bits per heavy atom. The van der Waals surface area contributed by atoms with Crippen LogP contribution in [0.1, 0.15) is 29.3 Å². The number of amides is 1. The molecular formula is C19H20FN3O2S. The van der Waals surface area contributed by atoms with Gasteiger partial charge in [0.05, 0.1) is 23.9 Å². The summed E-state index contributed by atoms with van der Waals surface area (Å²) in [5.41, 5.74) is 6.57. The molecule has 0 saturated carbocycles. The fourth-order valence-electron chi connectivity index (χ4n) is 2.87. The molecule has 3 N–H and O–H groups in total. The van der Waals surface area contributed by atoms with Crippen LogP contribution in [-0.2, 0) is 5.54 Å². The average Bonchev–Trinajstić information content (AvgIpc) is 2.63. The molecule has 1 atom stereocenters. The van der Waals surface area contributed by atoms with E-state index in [-0.39, 0.29) is 5.69 Å². The van der Waals surface area contributed by atoms with Gasteiger partial charge in [-0.25, -0.2) is 4.39 Å². The molecule has 1 unspecified atom stereocenters. The van der Waals surface area contributed by atoms with Gasteiger partial charge >= 0.3 is 0 Å². The van der Waals surface area contributed by atoms with Crippen LogP contribution in [0.5, 0.6) is 5.75 Å². The minimum Gasteiger partial charge on any atom is -0.496 e. The van der Waals surface area contributed by atoms with E-state index >= 15 is 0 Å². The van der Waals surface area contributed by atoms with Crippen LogP contribution in [0.2, 0.25) is 0 Å². The number of carbonyl (C=O) groups excluding carboxylic acids is 1. The van der Waals surface area contributed by atoms with Crippen LogP contribution < -0.4 is 15.8 Å². The van der Waals surface area contributed by atoms with Crippen LogP contribution in [0.4, 0.5) is 10.1 Å². The largest absolute Gasteiger partial charge is 0.496 e. The number of halogens is 1. The maximum absolute atomic E-state index is 14.3. The maximum atomic E-state index is 14.3. The second-order valence-electron chi connectivity index (χ2n) is 6.17. The van der Waals surface area contributed by atoms with Crippen molar-refractivity contribution < 1.29 is 13.9 Å². The lowest BCUT2D eigenvalue weighted by atomic mass is 9.89. The minimum absolute atomic E-state index is 0.103. The molecule has 0 spiro atoms. The number of amidine groups is 1. The van der Waals surface area contributed by atoms with Gasteiger partial charge in [0.15, 0.2) is 5.17 Å². The molecule has 7 heteroatoms. The lowest BCUT2D eigenvalue weighted by molar-refractivity contribution is 0.102. The van der Waals surface area contributed by atoms with Gasteiger partial charge in [-0.2, -0.15) is 0 Å². The summed E-state index contributed by atoms with van der Waals surface area (Å²) in [5, 5.41) is 3.15. The fraction of sp³-hybridized carbons (Fsp3) is 0.263. The lowest BCUT2D eigenvalue weighted by Crippen LogP contribution is -2.29. The number of thioether (sulfide) groups is 1. The Morgan fingerprint density at radius 2 is 2.12 bits per heavy atom. The van der Waals surface area contributed by atoms with Gasteiger partial charge < -0.3 is 15.8 Å². The van der Waals surface area contributed by atoms with E-state index in [0.717, 1.165) is 17.7 Å². The summed E-state index contributed by atoms with van der Waals surface area (Å²) < 4.78 is 19.5. The van der Waals surface area contributed by atoms with E-state index in [9.17, 15) is 9.18 Å². The van der Waals surface area contributed by atoms with Crippen molar-refractivity contribution in [3.05, 3.63) is 59.4 Å². The Kier molecular flexibility index (Phi) is 5.18. The predicted octanol–water partition coefficient (Wildman–Crippen LogP) is 3.75. The topological polar surface area (TPSA) is 76.7 Å². The van der Waals surface area contributed by atoms with Crippen molar-refractivity contribution in [3.8, 4) is 5.75 Å². The zero-order valence-corrected chi connectivity index (χ0v) is 15.4. The van der Waals surface area contributed by atoms with E-state index in [4.69, 9.17) is 10.5 Å². The fourth-order valence-corrected chi connectivity index (χ4v) is 3.85. The van der Waals surface area contributed by atoms with E-state index in [1.165, 1.54) is 24.9 Å².